The smallest absolute Gasteiger partial charge is 0.329 e. The number of halogens is 3. The Morgan fingerprint density at radius 3 is 2.49 bits per heavy atom. The van der Waals surface area contributed by atoms with Crippen LogP contribution in [0.15, 0.2) is 59.7 Å². The first kappa shape index (κ1) is 29.1. The molecule has 2 aromatic heterocycles. The maximum atomic E-state index is 15.4. The van der Waals surface area contributed by atoms with Crippen LogP contribution in [0, 0.1) is 11.6 Å². The molecule has 0 aliphatic rings. The Kier molecular flexibility index (Phi) is 8.57. The first-order chi connectivity index (χ1) is 19.3. The summed E-state index contributed by atoms with van der Waals surface area (Å²) >= 11 is 0. The van der Waals surface area contributed by atoms with Crippen LogP contribution < -0.4 is 25.2 Å². The first-order valence-electron chi connectivity index (χ1n) is 12.0. The molecule has 0 fully saturated rings. The van der Waals surface area contributed by atoms with Crippen LogP contribution in [0.3, 0.4) is 0 Å². The maximum absolute atomic E-state index is 15.4. The molecule has 0 radical (unpaired) electrons. The number of carbonyl (C=O) groups is 1. The zero-order chi connectivity index (χ0) is 28.4. The zero-order valence-electron chi connectivity index (χ0n) is 22.1. The number of aromatic nitrogens is 5. The average Bonchev–Trinajstić information content (AvgIpc) is 3.55. The summed E-state index contributed by atoms with van der Waals surface area (Å²) in [6.07, 6.45) is 1.31. The van der Waals surface area contributed by atoms with Crippen LogP contribution in [-0.4, -0.2) is 44.4 Å². The van der Waals surface area contributed by atoms with Crippen LogP contribution in [0.5, 0.6) is 17.2 Å². The van der Waals surface area contributed by atoms with Gasteiger partial charge in [-0.15, -0.1) is 12.4 Å². The third kappa shape index (κ3) is 5.84. The topological polar surface area (TPSA) is 125 Å². The monoisotopic (exact) mass is 586 g/mol. The highest BCUT2D eigenvalue weighted by atomic mass is 35.5. The van der Waals surface area contributed by atoms with E-state index in [1.165, 1.54) is 60.0 Å². The number of anilines is 1. The molecule has 1 amide bonds. The van der Waals surface area contributed by atoms with E-state index in [1.807, 2.05) is 0 Å². The van der Waals surface area contributed by atoms with Crippen molar-refractivity contribution in [2.45, 2.75) is 13.2 Å². The molecule has 0 saturated heterocycles. The summed E-state index contributed by atoms with van der Waals surface area (Å²) in [4.78, 5) is 30.0. The minimum atomic E-state index is -0.701. The van der Waals surface area contributed by atoms with E-state index in [2.05, 4.69) is 20.5 Å². The molecule has 3 aromatic carbocycles. The lowest BCUT2D eigenvalue weighted by molar-refractivity contribution is -0.116. The molecular weight excluding hydrogens is 562 g/mol. The molecule has 0 bridgehead atoms. The quantitative estimate of drug-likeness (QED) is 0.267. The SMILES string of the molecule is COc1cc(-c2cc(F)c(OCc3ncn[nH]3)c(OC)c2)c2c(c1)n(CC(=O)Nc1ccc(F)cc1)c(=O)n2C.Cl. The van der Waals surface area contributed by atoms with Crippen molar-refractivity contribution in [3.05, 3.63) is 82.8 Å². The number of aryl methyl sites for hydroxylation is 1. The van der Waals surface area contributed by atoms with Crippen molar-refractivity contribution < 1.29 is 27.8 Å². The van der Waals surface area contributed by atoms with E-state index in [9.17, 15) is 14.0 Å². The Balaban J connectivity index is 0.00000387. The van der Waals surface area contributed by atoms with Gasteiger partial charge >= 0.3 is 5.69 Å². The highest BCUT2D eigenvalue weighted by Gasteiger charge is 2.22. The van der Waals surface area contributed by atoms with Gasteiger partial charge in [0.1, 0.15) is 31.0 Å². The molecule has 0 aliphatic carbocycles. The Labute approximate surface area is 238 Å². The van der Waals surface area contributed by atoms with Gasteiger partial charge in [0.2, 0.25) is 5.91 Å². The molecule has 0 unspecified atom stereocenters. The standard InChI is InChI=1S/C27H24F2N6O5.ClH/c1-34-25-19(15-8-20(29)26(22(9-15)39-3)40-13-23-30-14-31-33-23)10-18(38-2)11-21(25)35(27(34)37)12-24(36)32-17-6-4-16(28)5-7-17;/h4-11,14H,12-13H2,1-3H3,(H,32,36)(H,30,31,33);1H. The summed E-state index contributed by atoms with van der Waals surface area (Å²) in [5, 5.41) is 9.02. The van der Waals surface area contributed by atoms with Gasteiger partial charge in [-0.05, 0) is 48.0 Å². The van der Waals surface area contributed by atoms with Gasteiger partial charge in [0.25, 0.3) is 0 Å². The number of H-pyrrole nitrogens is 1. The fourth-order valence-corrected chi connectivity index (χ4v) is 4.36. The van der Waals surface area contributed by atoms with Crippen LogP contribution >= 0.6 is 12.4 Å². The summed E-state index contributed by atoms with van der Waals surface area (Å²) in [6.45, 7) is -0.389. The van der Waals surface area contributed by atoms with E-state index in [4.69, 9.17) is 14.2 Å². The van der Waals surface area contributed by atoms with E-state index in [1.54, 1.807) is 25.2 Å². The van der Waals surface area contributed by atoms with Gasteiger partial charge in [-0.25, -0.2) is 18.6 Å². The van der Waals surface area contributed by atoms with Crippen molar-refractivity contribution >= 4 is 35.0 Å². The number of ether oxygens (including phenoxy) is 3. The van der Waals surface area contributed by atoms with Gasteiger partial charge in [-0.1, -0.05) is 0 Å². The van der Waals surface area contributed by atoms with Gasteiger partial charge in [0.05, 0.1) is 25.3 Å². The number of aromatic amines is 1. The van der Waals surface area contributed by atoms with E-state index in [-0.39, 0.29) is 37.1 Å². The predicted molar refractivity (Wildman–Crippen MR) is 149 cm³/mol. The number of nitrogens with one attached hydrogen (secondary N) is 2. The second-order valence-corrected chi connectivity index (χ2v) is 8.74. The van der Waals surface area contributed by atoms with Crippen LogP contribution in [0.4, 0.5) is 14.5 Å². The number of amides is 1. The van der Waals surface area contributed by atoms with Crippen molar-refractivity contribution in [1.82, 2.24) is 24.3 Å². The molecule has 2 N–H and O–H groups in total. The Bertz CT molecular complexity index is 1750. The van der Waals surface area contributed by atoms with Crippen LogP contribution in [0.1, 0.15) is 5.82 Å². The van der Waals surface area contributed by atoms with Gasteiger partial charge in [0, 0.05) is 24.4 Å². The number of methoxy groups -OCH3 is 2. The molecule has 0 saturated carbocycles. The highest BCUT2D eigenvalue weighted by molar-refractivity contribution is 5.96. The normalized spacial score (nSPS) is 10.8. The molecule has 5 aromatic rings. The first-order valence-corrected chi connectivity index (χ1v) is 12.0. The lowest BCUT2D eigenvalue weighted by Crippen LogP contribution is -2.28. The molecule has 5 rings (SSSR count). The molecule has 11 nitrogen and oxygen atoms in total. The Morgan fingerprint density at radius 1 is 1.07 bits per heavy atom. The maximum Gasteiger partial charge on any atom is 0.329 e. The fourth-order valence-electron chi connectivity index (χ4n) is 4.36. The highest BCUT2D eigenvalue weighted by Crippen LogP contribution is 2.39. The fraction of sp³-hybridized carbons (Fsp3) is 0.185. The molecule has 214 valence electrons. The van der Waals surface area contributed by atoms with E-state index in [0.717, 1.165) is 0 Å². The van der Waals surface area contributed by atoms with Gasteiger partial charge in [-0.3, -0.25) is 19.0 Å². The summed E-state index contributed by atoms with van der Waals surface area (Å²) in [6, 6.07) is 11.4. The number of nitrogens with zero attached hydrogens (tertiary/aromatic N) is 4. The zero-order valence-corrected chi connectivity index (χ0v) is 22.9. The third-order valence-corrected chi connectivity index (χ3v) is 6.23. The summed E-state index contributed by atoms with van der Waals surface area (Å²) < 4.78 is 47.7. The van der Waals surface area contributed by atoms with Gasteiger partial charge in [-0.2, -0.15) is 5.10 Å². The molecular formula is C27H25ClF2N6O5. The number of rotatable bonds is 9. The molecule has 0 aliphatic heterocycles. The van der Waals surface area contributed by atoms with E-state index >= 15 is 4.39 Å². The summed E-state index contributed by atoms with van der Waals surface area (Å²) in [5.74, 6) is -0.852. The molecule has 0 spiro atoms. The van der Waals surface area contributed by atoms with Gasteiger partial charge in [0.15, 0.2) is 23.1 Å². The Hall–Kier alpha value is -4.91. The number of benzene rings is 3. The number of hydrogen-bond donors (Lipinski definition) is 2. The van der Waals surface area contributed by atoms with E-state index in [0.29, 0.717) is 39.4 Å². The minimum Gasteiger partial charge on any atom is -0.497 e. The lowest BCUT2D eigenvalue weighted by atomic mass is 10.0. The summed E-state index contributed by atoms with van der Waals surface area (Å²) in [7, 11) is 4.39. The number of hydrogen-bond acceptors (Lipinski definition) is 7. The number of fused-ring (bicyclic) bond motifs is 1. The minimum absolute atomic E-state index is 0. The van der Waals surface area contributed by atoms with Gasteiger partial charge < -0.3 is 19.5 Å². The summed E-state index contributed by atoms with van der Waals surface area (Å²) in [5.41, 5.74) is 1.59. The van der Waals surface area contributed by atoms with Crippen molar-refractivity contribution in [1.29, 1.82) is 0 Å². The number of imidazole rings is 1. The average molecular weight is 587 g/mol. The second-order valence-electron chi connectivity index (χ2n) is 8.74. The van der Waals surface area contributed by atoms with Crippen LogP contribution in [0.2, 0.25) is 0 Å². The second kappa shape index (κ2) is 12.1. The van der Waals surface area contributed by atoms with Crippen LogP contribution in [-0.2, 0) is 25.0 Å². The van der Waals surface area contributed by atoms with Crippen molar-refractivity contribution in [3.63, 3.8) is 0 Å². The lowest BCUT2D eigenvalue weighted by Gasteiger charge is -2.14. The van der Waals surface area contributed by atoms with Crippen molar-refractivity contribution in [2.24, 2.45) is 7.05 Å². The third-order valence-electron chi connectivity index (χ3n) is 6.23. The molecule has 2 heterocycles. The van der Waals surface area contributed by atoms with Crippen LogP contribution in [0.25, 0.3) is 22.2 Å². The van der Waals surface area contributed by atoms with E-state index < -0.39 is 23.2 Å². The Morgan fingerprint density at radius 2 is 1.83 bits per heavy atom. The molecule has 14 heteroatoms. The molecule has 41 heavy (non-hydrogen) atoms. The predicted octanol–water partition coefficient (Wildman–Crippen LogP) is 4.06. The van der Waals surface area contributed by atoms with Crippen molar-refractivity contribution in [2.75, 3.05) is 19.5 Å². The molecule has 0 atom stereocenters. The van der Waals surface area contributed by atoms with Crippen molar-refractivity contribution in [3.8, 4) is 28.4 Å². The largest absolute Gasteiger partial charge is 0.497 e. The number of carbonyl (C=O) groups excluding carboxylic acids is 1.